The number of nitrogens with one attached hydrogen (secondary N) is 1. The third kappa shape index (κ3) is 2.07. The maximum Gasteiger partial charge on any atom is 0.0387 e. The summed E-state index contributed by atoms with van der Waals surface area (Å²) in [5, 5.41) is 3.52. The second-order valence-electron chi connectivity index (χ2n) is 6.01. The molecular weight excluding hydrogens is 222 g/mol. The molecule has 1 unspecified atom stereocenters. The summed E-state index contributed by atoms with van der Waals surface area (Å²) < 4.78 is 0. The molecule has 1 aromatic rings. The van der Waals surface area contributed by atoms with Crippen LogP contribution >= 0.6 is 0 Å². The predicted octanol–water partition coefficient (Wildman–Crippen LogP) is 1.94. The van der Waals surface area contributed by atoms with E-state index in [2.05, 4.69) is 53.5 Å². The Labute approximate surface area is 110 Å². The van der Waals surface area contributed by atoms with Crippen LogP contribution in [-0.4, -0.2) is 40.3 Å². The van der Waals surface area contributed by atoms with Crippen LogP contribution in [-0.2, 0) is 0 Å². The van der Waals surface area contributed by atoms with E-state index in [1.807, 2.05) is 0 Å². The molecule has 3 rings (SSSR count). The van der Waals surface area contributed by atoms with Crippen molar-refractivity contribution in [3.63, 3.8) is 0 Å². The van der Waals surface area contributed by atoms with E-state index >= 15 is 0 Å². The zero-order chi connectivity index (χ0) is 12.6. The molecule has 2 aliphatic heterocycles. The Hall–Kier alpha value is -1.22. The van der Waals surface area contributed by atoms with Gasteiger partial charge >= 0.3 is 0 Å². The van der Waals surface area contributed by atoms with E-state index in [9.17, 15) is 0 Å². The Balaban J connectivity index is 1.78. The standard InChI is InChI=1S/C15H23N3/c1-17(2)13-4-3-5-14(10-13)18-9-7-15(12-18)6-8-16-11-15/h3-5,10,16H,6-9,11-12H2,1-2H3. The maximum absolute atomic E-state index is 3.52. The first-order valence-corrected chi connectivity index (χ1v) is 6.92. The molecule has 1 atom stereocenters. The molecule has 0 bridgehead atoms. The van der Waals surface area contributed by atoms with Crippen molar-refractivity contribution in [3.05, 3.63) is 24.3 Å². The average Bonchev–Trinajstić information content (AvgIpc) is 3.01. The molecule has 18 heavy (non-hydrogen) atoms. The first-order chi connectivity index (χ1) is 8.69. The fourth-order valence-corrected chi connectivity index (χ4v) is 3.27. The molecular formula is C15H23N3. The van der Waals surface area contributed by atoms with Gasteiger partial charge in [-0.15, -0.1) is 0 Å². The van der Waals surface area contributed by atoms with Gasteiger partial charge in [0, 0.05) is 50.5 Å². The zero-order valence-corrected chi connectivity index (χ0v) is 11.4. The molecule has 2 aliphatic rings. The van der Waals surface area contributed by atoms with Crippen LogP contribution in [0.25, 0.3) is 0 Å². The topological polar surface area (TPSA) is 18.5 Å². The van der Waals surface area contributed by atoms with Crippen LogP contribution in [0, 0.1) is 5.41 Å². The molecule has 2 saturated heterocycles. The number of hydrogen-bond donors (Lipinski definition) is 1. The molecule has 0 aromatic heterocycles. The molecule has 1 spiro atoms. The number of rotatable bonds is 2. The molecule has 2 fully saturated rings. The molecule has 98 valence electrons. The smallest absolute Gasteiger partial charge is 0.0387 e. The summed E-state index contributed by atoms with van der Waals surface area (Å²) >= 11 is 0. The Bertz CT molecular complexity index is 422. The van der Waals surface area contributed by atoms with E-state index in [0.717, 1.165) is 0 Å². The quantitative estimate of drug-likeness (QED) is 0.859. The Kier molecular flexibility index (Phi) is 2.94. The fourth-order valence-electron chi connectivity index (χ4n) is 3.27. The lowest BCUT2D eigenvalue weighted by molar-refractivity contribution is 0.369. The van der Waals surface area contributed by atoms with Gasteiger partial charge in [0.2, 0.25) is 0 Å². The van der Waals surface area contributed by atoms with Gasteiger partial charge in [-0.3, -0.25) is 0 Å². The van der Waals surface area contributed by atoms with Gasteiger partial charge in [-0.05, 0) is 37.6 Å². The number of hydrogen-bond acceptors (Lipinski definition) is 3. The van der Waals surface area contributed by atoms with Crippen molar-refractivity contribution in [1.29, 1.82) is 0 Å². The van der Waals surface area contributed by atoms with Crippen molar-refractivity contribution in [2.45, 2.75) is 12.8 Å². The average molecular weight is 245 g/mol. The minimum Gasteiger partial charge on any atom is -0.378 e. The number of anilines is 2. The second kappa shape index (κ2) is 4.47. The highest BCUT2D eigenvalue weighted by atomic mass is 15.2. The Morgan fingerprint density at radius 1 is 1.28 bits per heavy atom. The minimum atomic E-state index is 0.550. The summed E-state index contributed by atoms with van der Waals surface area (Å²) in [6.45, 7) is 4.83. The first kappa shape index (κ1) is 11.8. The van der Waals surface area contributed by atoms with Crippen molar-refractivity contribution in [1.82, 2.24) is 5.32 Å². The molecule has 1 N–H and O–H groups in total. The van der Waals surface area contributed by atoms with E-state index in [1.165, 1.54) is 50.4 Å². The number of benzene rings is 1. The lowest BCUT2D eigenvalue weighted by Crippen LogP contribution is -2.29. The third-order valence-electron chi connectivity index (χ3n) is 4.48. The number of nitrogens with zero attached hydrogens (tertiary/aromatic N) is 2. The van der Waals surface area contributed by atoms with Gasteiger partial charge in [0.05, 0.1) is 0 Å². The van der Waals surface area contributed by atoms with Gasteiger partial charge in [0.25, 0.3) is 0 Å². The summed E-state index contributed by atoms with van der Waals surface area (Å²) in [5.41, 5.74) is 3.22. The molecule has 0 saturated carbocycles. The van der Waals surface area contributed by atoms with Gasteiger partial charge in [-0.25, -0.2) is 0 Å². The van der Waals surface area contributed by atoms with Crippen LogP contribution in [0.4, 0.5) is 11.4 Å². The Morgan fingerprint density at radius 2 is 2.17 bits per heavy atom. The highest BCUT2D eigenvalue weighted by Crippen LogP contribution is 2.38. The van der Waals surface area contributed by atoms with E-state index in [0.29, 0.717) is 5.41 Å². The van der Waals surface area contributed by atoms with E-state index in [1.54, 1.807) is 0 Å². The largest absolute Gasteiger partial charge is 0.378 e. The van der Waals surface area contributed by atoms with Crippen LogP contribution in [0.3, 0.4) is 0 Å². The molecule has 0 radical (unpaired) electrons. The van der Waals surface area contributed by atoms with Crippen LogP contribution in [0.1, 0.15) is 12.8 Å². The molecule has 3 heteroatoms. The Morgan fingerprint density at radius 3 is 2.89 bits per heavy atom. The SMILES string of the molecule is CN(C)c1cccc(N2CCC3(CCNC3)C2)c1. The normalized spacial score (nSPS) is 27.1. The minimum absolute atomic E-state index is 0.550. The van der Waals surface area contributed by atoms with Crippen LogP contribution in [0.15, 0.2) is 24.3 Å². The second-order valence-corrected chi connectivity index (χ2v) is 6.01. The van der Waals surface area contributed by atoms with Crippen molar-refractivity contribution in [3.8, 4) is 0 Å². The summed E-state index contributed by atoms with van der Waals surface area (Å²) in [6.07, 6.45) is 2.68. The highest BCUT2D eigenvalue weighted by molar-refractivity contribution is 5.59. The predicted molar refractivity (Wildman–Crippen MR) is 77.5 cm³/mol. The van der Waals surface area contributed by atoms with E-state index < -0.39 is 0 Å². The summed E-state index contributed by atoms with van der Waals surface area (Å²) in [7, 11) is 4.21. The highest BCUT2D eigenvalue weighted by Gasteiger charge is 2.40. The molecule has 1 aromatic carbocycles. The third-order valence-corrected chi connectivity index (χ3v) is 4.48. The van der Waals surface area contributed by atoms with Gasteiger partial charge in [0.1, 0.15) is 0 Å². The summed E-state index contributed by atoms with van der Waals surface area (Å²) in [6, 6.07) is 8.89. The molecule has 2 heterocycles. The fraction of sp³-hybridized carbons (Fsp3) is 0.600. The van der Waals surface area contributed by atoms with Crippen molar-refractivity contribution < 1.29 is 0 Å². The van der Waals surface area contributed by atoms with Gasteiger partial charge in [-0.2, -0.15) is 0 Å². The molecule has 3 nitrogen and oxygen atoms in total. The lowest BCUT2D eigenvalue weighted by atomic mass is 9.86. The molecule has 0 amide bonds. The monoisotopic (exact) mass is 245 g/mol. The zero-order valence-electron chi connectivity index (χ0n) is 11.4. The summed E-state index contributed by atoms with van der Waals surface area (Å²) in [5.74, 6) is 0. The van der Waals surface area contributed by atoms with E-state index in [-0.39, 0.29) is 0 Å². The van der Waals surface area contributed by atoms with Gasteiger partial charge in [0.15, 0.2) is 0 Å². The van der Waals surface area contributed by atoms with Gasteiger partial charge < -0.3 is 15.1 Å². The summed E-state index contributed by atoms with van der Waals surface area (Å²) in [4.78, 5) is 4.73. The van der Waals surface area contributed by atoms with Crippen LogP contribution < -0.4 is 15.1 Å². The lowest BCUT2D eigenvalue weighted by Gasteiger charge is -2.25. The maximum atomic E-state index is 3.52. The first-order valence-electron chi connectivity index (χ1n) is 6.92. The van der Waals surface area contributed by atoms with Gasteiger partial charge in [-0.1, -0.05) is 6.07 Å². The van der Waals surface area contributed by atoms with Crippen molar-refractivity contribution in [2.24, 2.45) is 5.41 Å². The van der Waals surface area contributed by atoms with E-state index in [4.69, 9.17) is 0 Å². The molecule has 0 aliphatic carbocycles. The van der Waals surface area contributed by atoms with Crippen molar-refractivity contribution >= 4 is 11.4 Å². The van der Waals surface area contributed by atoms with Crippen LogP contribution in [0.2, 0.25) is 0 Å². The van der Waals surface area contributed by atoms with Crippen molar-refractivity contribution in [2.75, 3.05) is 50.1 Å². The van der Waals surface area contributed by atoms with Crippen LogP contribution in [0.5, 0.6) is 0 Å².